The molecule has 5 rings (SSSR count). The van der Waals surface area contributed by atoms with Gasteiger partial charge in [-0.3, -0.25) is 19.8 Å². The van der Waals surface area contributed by atoms with Crippen molar-refractivity contribution < 1.29 is 27.6 Å². The van der Waals surface area contributed by atoms with E-state index in [1.54, 1.807) is 30.3 Å². The number of carbonyl (C=O) groups is 2. The van der Waals surface area contributed by atoms with E-state index in [2.05, 4.69) is 15.5 Å². The summed E-state index contributed by atoms with van der Waals surface area (Å²) in [4.78, 5) is 40.0. The van der Waals surface area contributed by atoms with Crippen molar-refractivity contribution in [2.45, 2.75) is 42.1 Å². The molecule has 1 aliphatic carbocycles. The van der Waals surface area contributed by atoms with Crippen molar-refractivity contribution in [3.05, 3.63) is 40.9 Å². The number of rotatable bonds is 9. The van der Waals surface area contributed by atoms with Crippen molar-refractivity contribution in [1.29, 1.82) is 0 Å². The van der Waals surface area contributed by atoms with Crippen LogP contribution in [0.3, 0.4) is 0 Å². The first-order valence-corrected chi connectivity index (χ1v) is 14.5. The molecule has 1 atom stereocenters. The summed E-state index contributed by atoms with van der Waals surface area (Å²) in [5.41, 5.74) is 0.447. The number of hydrogen-bond donors (Lipinski definition) is 1. The number of carbonyl (C=O) groups excluding carboxylic acids is 2. The number of ether oxygens (including phenoxy) is 1. The summed E-state index contributed by atoms with van der Waals surface area (Å²) in [5.74, 6) is -0.443. The third-order valence-corrected chi connectivity index (χ3v) is 9.68. The van der Waals surface area contributed by atoms with Crippen molar-refractivity contribution >= 4 is 43.8 Å². The van der Waals surface area contributed by atoms with Gasteiger partial charge >= 0.3 is 0 Å². The second kappa shape index (κ2) is 10.9. The third-order valence-electron chi connectivity index (χ3n) is 6.51. The van der Waals surface area contributed by atoms with Gasteiger partial charge in [-0.15, -0.1) is 11.3 Å². The lowest BCUT2D eigenvalue weighted by atomic mass is 10.1. The standard InChI is InChI=1S/C24H29N5O6S2/c1-28-9-10-29(14-21(28)30)13-18-12-25-24(36-18)26-23(31)22(27-35-17-8-11-34-15-17)16-2-4-19(5-3-16)37(32,33)20-6-7-20/h2-5,12,17,20H,6-11,13-15H2,1H3,(H,25,26,31)/t17-/m1/s1. The van der Waals surface area contributed by atoms with Gasteiger partial charge in [-0.25, -0.2) is 13.4 Å². The lowest BCUT2D eigenvalue weighted by molar-refractivity contribution is -0.134. The Morgan fingerprint density at radius 1 is 1.24 bits per heavy atom. The van der Waals surface area contributed by atoms with E-state index in [4.69, 9.17) is 9.57 Å². The Hall–Kier alpha value is -2.87. The molecule has 3 fully saturated rings. The molecule has 37 heavy (non-hydrogen) atoms. The number of oxime groups is 1. The van der Waals surface area contributed by atoms with Gasteiger partial charge in [-0.05, 0) is 25.0 Å². The Morgan fingerprint density at radius 3 is 2.70 bits per heavy atom. The first-order chi connectivity index (χ1) is 17.8. The highest BCUT2D eigenvalue weighted by atomic mass is 32.2. The molecule has 2 saturated heterocycles. The highest BCUT2D eigenvalue weighted by Gasteiger charge is 2.37. The normalized spacial score (nSPS) is 21.3. The second-order valence-corrected chi connectivity index (χ2v) is 12.8. The molecule has 2 aliphatic heterocycles. The Balaban J connectivity index is 1.29. The minimum absolute atomic E-state index is 0.0173. The van der Waals surface area contributed by atoms with Gasteiger partial charge in [-0.2, -0.15) is 0 Å². The smallest absolute Gasteiger partial charge is 0.280 e. The highest BCUT2D eigenvalue weighted by Crippen LogP contribution is 2.33. The molecular formula is C24H29N5O6S2. The molecule has 1 saturated carbocycles. The number of thiazole rings is 1. The van der Waals surface area contributed by atoms with Crippen LogP contribution in [-0.4, -0.2) is 92.0 Å². The van der Waals surface area contributed by atoms with Crippen molar-refractivity contribution in [1.82, 2.24) is 14.8 Å². The molecule has 13 heteroatoms. The lowest BCUT2D eigenvalue weighted by Crippen LogP contribution is -2.47. The fraction of sp³-hybridized carbons (Fsp3) is 0.500. The average molecular weight is 548 g/mol. The first kappa shape index (κ1) is 25.8. The zero-order valence-electron chi connectivity index (χ0n) is 20.5. The van der Waals surface area contributed by atoms with Crippen LogP contribution >= 0.6 is 11.3 Å². The maximum absolute atomic E-state index is 13.2. The number of piperazine rings is 1. The molecule has 3 heterocycles. The maximum atomic E-state index is 13.2. The maximum Gasteiger partial charge on any atom is 0.280 e. The Kier molecular flexibility index (Phi) is 7.56. The van der Waals surface area contributed by atoms with E-state index in [0.717, 1.165) is 11.4 Å². The number of sulfone groups is 1. The van der Waals surface area contributed by atoms with Gasteiger partial charge in [0, 0.05) is 49.7 Å². The van der Waals surface area contributed by atoms with E-state index < -0.39 is 15.7 Å². The molecule has 0 bridgehead atoms. The number of anilines is 1. The minimum Gasteiger partial charge on any atom is -0.389 e. The monoisotopic (exact) mass is 547 g/mol. The zero-order chi connectivity index (χ0) is 26.0. The number of likely N-dealkylation sites (N-methyl/N-ethyl adjacent to an activating group) is 1. The van der Waals surface area contributed by atoms with E-state index >= 15 is 0 Å². The summed E-state index contributed by atoms with van der Waals surface area (Å²) in [7, 11) is -1.55. The van der Waals surface area contributed by atoms with Gasteiger partial charge in [0.05, 0.1) is 29.9 Å². The van der Waals surface area contributed by atoms with Gasteiger partial charge in [0.1, 0.15) is 0 Å². The molecule has 0 radical (unpaired) electrons. The molecule has 3 aliphatic rings. The van der Waals surface area contributed by atoms with Crippen molar-refractivity contribution in [3.63, 3.8) is 0 Å². The van der Waals surface area contributed by atoms with Crippen molar-refractivity contribution in [2.24, 2.45) is 5.16 Å². The van der Waals surface area contributed by atoms with Crippen LogP contribution in [0.4, 0.5) is 5.13 Å². The van der Waals surface area contributed by atoms with E-state index in [9.17, 15) is 18.0 Å². The molecule has 0 spiro atoms. The molecule has 2 aromatic rings. The summed E-state index contributed by atoms with van der Waals surface area (Å²) < 4.78 is 30.4. The van der Waals surface area contributed by atoms with Crippen LogP contribution in [0.5, 0.6) is 0 Å². The predicted molar refractivity (Wildman–Crippen MR) is 137 cm³/mol. The van der Waals surface area contributed by atoms with Crippen molar-refractivity contribution in [3.8, 4) is 0 Å². The van der Waals surface area contributed by atoms with E-state index in [1.165, 1.54) is 23.5 Å². The van der Waals surface area contributed by atoms with Crippen molar-refractivity contribution in [2.75, 3.05) is 45.2 Å². The number of nitrogens with one attached hydrogen (secondary N) is 1. The molecule has 1 aromatic heterocycles. The molecule has 198 valence electrons. The summed E-state index contributed by atoms with van der Waals surface area (Å²) in [6, 6.07) is 6.15. The van der Waals surface area contributed by atoms with Gasteiger partial charge in [0.2, 0.25) is 5.91 Å². The molecular weight excluding hydrogens is 518 g/mol. The van der Waals surface area contributed by atoms with Gasteiger partial charge in [0.15, 0.2) is 26.8 Å². The highest BCUT2D eigenvalue weighted by molar-refractivity contribution is 7.92. The largest absolute Gasteiger partial charge is 0.389 e. The van der Waals surface area contributed by atoms with Gasteiger partial charge < -0.3 is 14.5 Å². The van der Waals surface area contributed by atoms with Crippen LogP contribution in [0.2, 0.25) is 0 Å². The quantitative estimate of drug-likeness (QED) is 0.369. The van der Waals surface area contributed by atoms with E-state index in [1.807, 2.05) is 4.90 Å². The van der Waals surface area contributed by atoms with Crippen LogP contribution in [-0.2, 0) is 35.5 Å². The van der Waals surface area contributed by atoms with Crippen LogP contribution in [0, 0.1) is 0 Å². The summed E-state index contributed by atoms with van der Waals surface area (Å²) >= 11 is 1.32. The predicted octanol–water partition coefficient (Wildman–Crippen LogP) is 1.50. The SMILES string of the molecule is CN1CCN(Cc2cnc(NC(=O)C(=NO[C@@H]3CCOC3)c3ccc(S(=O)(=O)C4CC4)cc3)s2)CC1=O. The molecule has 1 aromatic carbocycles. The molecule has 1 N–H and O–H groups in total. The number of nitrogens with zero attached hydrogens (tertiary/aromatic N) is 4. The Bertz CT molecular complexity index is 1280. The van der Waals surface area contributed by atoms with Crippen LogP contribution in [0.25, 0.3) is 0 Å². The summed E-state index contributed by atoms with van der Waals surface area (Å²) in [5, 5.41) is 6.98. The topological polar surface area (TPSA) is 130 Å². The van der Waals surface area contributed by atoms with Gasteiger partial charge in [-0.1, -0.05) is 17.3 Å². The molecule has 11 nitrogen and oxygen atoms in total. The van der Waals surface area contributed by atoms with Crippen LogP contribution in [0.15, 0.2) is 40.5 Å². The zero-order valence-corrected chi connectivity index (χ0v) is 22.1. The molecule has 0 unspecified atom stereocenters. The lowest BCUT2D eigenvalue weighted by Gasteiger charge is -2.31. The van der Waals surface area contributed by atoms with Crippen LogP contribution in [0.1, 0.15) is 29.7 Å². The second-order valence-electron chi connectivity index (χ2n) is 9.41. The summed E-state index contributed by atoms with van der Waals surface area (Å²) in [6.07, 6.45) is 3.45. The Labute approximate surface area is 219 Å². The fourth-order valence-electron chi connectivity index (χ4n) is 4.08. The molecule has 2 amide bonds. The number of aromatic nitrogens is 1. The number of benzene rings is 1. The first-order valence-electron chi connectivity index (χ1n) is 12.2. The minimum atomic E-state index is -3.34. The number of hydrogen-bond acceptors (Lipinski definition) is 10. The number of amides is 2. The summed E-state index contributed by atoms with van der Waals surface area (Å²) in [6.45, 7) is 3.32. The third kappa shape index (κ3) is 6.17. The van der Waals surface area contributed by atoms with E-state index in [-0.39, 0.29) is 27.9 Å². The van der Waals surface area contributed by atoms with Gasteiger partial charge in [0.25, 0.3) is 5.91 Å². The fourth-order valence-corrected chi connectivity index (χ4v) is 6.59. The van der Waals surface area contributed by atoms with E-state index in [0.29, 0.717) is 62.8 Å². The average Bonchev–Trinajstić information content (AvgIpc) is 3.46. The van der Waals surface area contributed by atoms with Crippen LogP contribution < -0.4 is 5.32 Å². The Morgan fingerprint density at radius 2 is 2.03 bits per heavy atom.